The van der Waals surface area contributed by atoms with Crippen molar-refractivity contribution in [3.8, 4) is 0 Å². The smallest absolute Gasteiger partial charge is 0.130 e. The van der Waals surface area contributed by atoms with E-state index in [2.05, 4.69) is 5.32 Å². The van der Waals surface area contributed by atoms with Crippen LogP contribution < -0.4 is 5.32 Å². The highest BCUT2D eigenvalue weighted by molar-refractivity contribution is 5.27. The largest absolute Gasteiger partial charge is 0.309 e. The Bertz CT molecular complexity index is 578. The fourth-order valence-corrected chi connectivity index (χ4v) is 2.34. The van der Waals surface area contributed by atoms with Crippen molar-refractivity contribution in [2.45, 2.75) is 25.8 Å². The number of hydrogen-bond acceptors (Lipinski definition) is 1. The summed E-state index contributed by atoms with van der Waals surface area (Å²) in [6.07, 6.45) is 1.17. The van der Waals surface area contributed by atoms with Gasteiger partial charge >= 0.3 is 0 Å². The fraction of sp³-hybridized carbons (Fsp3) is 0.294. The number of halogens is 3. The molecule has 2 aromatic carbocycles. The van der Waals surface area contributed by atoms with Gasteiger partial charge in [-0.15, -0.1) is 0 Å². The van der Waals surface area contributed by atoms with Crippen LogP contribution in [0.15, 0.2) is 42.5 Å². The summed E-state index contributed by atoms with van der Waals surface area (Å²) in [5.41, 5.74) is 0.710. The Kier molecular flexibility index (Phi) is 5.39. The number of benzene rings is 2. The summed E-state index contributed by atoms with van der Waals surface area (Å²) in [5.74, 6) is -1.52. The predicted octanol–water partition coefficient (Wildman–Crippen LogP) is 4.39. The minimum Gasteiger partial charge on any atom is -0.309 e. The van der Waals surface area contributed by atoms with Crippen molar-refractivity contribution in [3.05, 3.63) is 71.0 Å². The van der Waals surface area contributed by atoms with Gasteiger partial charge < -0.3 is 5.32 Å². The van der Waals surface area contributed by atoms with Gasteiger partial charge in [-0.3, -0.25) is 0 Å². The highest BCUT2D eigenvalue weighted by Gasteiger charge is 2.20. The lowest BCUT2D eigenvalue weighted by Crippen LogP contribution is -2.26. The quantitative estimate of drug-likeness (QED) is 0.833. The molecule has 1 N–H and O–H groups in total. The normalized spacial score (nSPS) is 12.4. The average molecular weight is 293 g/mol. The lowest BCUT2D eigenvalue weighted by molar-refractivity contribution is 0.464. The maximum Gasteiger partial charge on any atom is 0.130 e. The molecular weight excluding hydrogens is 275 g/mol. The van der Waals surface area contributed by atoms with Crippen molar-refractivity contribution in [2.24, 2.45) is 0 Å². The third-order valence-corrected chi connectivity index (χ3v) is 3.32. The van der Waals surface area contributed by atoms with Gasteiger partial charge in [-0.1, -0.05) is 25.1 Å². The molecule has 0 radical (unpaired) electrons. The Hall–Kier alpha value is -1.81. The summed E-state index contributed by atoms with van der Waals surface area (Å²) in [4.78, 5) is 0. The molecule has 0 aliphatic carbocycles. The first-order chi connectivity index (χ1) is 10.1. The van der Waals surface area contributed by atoms with Gasteiger partial charge in [0.2, 0.25) is 0 Å². The summed E-state index contributed by atoms with van der Waals surface area (Å²) in [5, 5.41) is 3.13. The Morgan fingerprint density at radius 1 is 1.00 bits per heavy atom. The molecular formula is C17H18F3N. The van der Waals surface area contributed by atoms with E-state index < -0.39 is 17.7 Å². The van der Waals surface area contributed by atoms with Crippen LogP contribution in [-0.4, -0.2) is 6.54 Å². The van der Waals surface area contributed by atoms with Gasteiger partial charge in [0.15, 0.2) is 0 Å². The zero-order valence-corrected chi connectivity index (χ0v) is 11.9. The third-order valence-electron chi connectivity index (χ3n) is 3.32. The van der Waals surface area contributed by atoms with Gasteiger partial charge in [0.25, 0.3) is 0 Å². The van der Waals surface area contributed by atoms with Crippen molar-refractivity contribution in [1.29, 1.82) is 0 Å². The molecule has 0 spiro atoms. The van der Waals surface area contributed by atoms with E-state index in [0.29, 0.717) is 18.5 Å². The van der Waals surface area contributed by atoms with Crippen LogP contribution in [0.3, 0.4) is 0 Å². The summed E-state index contributed by atoms with van der Waals surface area (Å²) in [7, 11) is 0. The van der Waals surface area contributed by atoms with Crippen molar-refractivity contribution < 1.29 is 13.2 Å². The van der Waals surface area contributed by atoms with E-state index in [4.69, 9.17) is 0 Å². The van der Waals surface area contributed by atoms with Crippen molar-refractivity contribution in [1.82, 2.24) is 5.32 Å². The topological polar surface area (TPSA) is 12.0 Å². The lowest BCUT2D eigenvalue weighted by Gasteiger charge is -2.20. The molecule has 0 fully saturated rings. The average Bonchev–Trinajstić information content (AvgIpc) is 2.44. The van der Waals surface area contributed by atoms with Crippen LogP contribution in [0.25, 0.3) is 0 Å². The fourth-order valence-electron chi connectivity index (χ4n) is 2.34. The van der Waals surface area contributed by atoms with Gasteiger partial charge in [-0.2, -0.15) is 0 Å². The van der Waals surface area contributed by atoms with Crippen molar-refractivity contribution in [2.75, 3.05) is 6.54 Å². The number of nitrogens with one attached hydrogen (secondary N) is 1. The van der Waals surface area contributed by atoms with Crippen LogP contribution in [0, 0.1) is 17.5 Å². The van der Waals surface area contributed by atoms with Gasteiger partial charge in [0.1, 0.15) is 17.5 Å². The second-order valence-electron chi connectivity index (χ2n) is 4.98. The van der Waals surface area contributed by atoms with E-state index in [0.717, 1.165) is 6.42 Å². The predicted molar refractivity (Wildman–Crippen MR) is 77.5 cm³/mol. The molecule has 4 heteroatoms. The van der Waals surface area contributed by atoms with Crippen molar-refractivity contribution >= 4 is 0 Å². The number of hydrogen-bond donors (Lipinski definition) is 1. The van der Waals surface area contributed by atoms with E-state index in [1.54, 1.807) is 12.1 Å². The molecule has 112 valence electrons. The monoisotopic (exact) mass is 293 g/mol. The van der Waals surface area contributed by atoms with Crippen LogP contribution in [-0.2, 0) is 6.42 Å². The van der Waals surface area contributed by atoms with E-state index >= 15 is 0 Å². The third kappa shape index (κ3) is 4.08. The molecule has 0 heterocycles. The van der Waals surface area contributed by atoms with Gasteiger partial charge in [-0.25, -0.2) is 13.2 Å². The van der Waals surface area contributed by atoms with E-state index in [9.17, 15) is 13.2 Å². The molecule has 0 aliphatic rings. The van der Waals surface area contributed by atoms with E-state index in [1.807, 2.05) is 6.92 Å². The molecule has 1 atom stereocenters. The maximum atomic E-state index is 14.0. The first kappa shape index (κ1) is 15.6. The highest BCUT2D eigenvalue weighted by atomic mass is 19.1. The second-order valence-corrected chi connectivity index (χ2v) is 4.98. The minimum atomic E-state index is -0.583. The minimum absolute atomic E-state index is 0.00945. The van der Waals surface area contributed by atoms with Crippen LogP contribution in [0.1, 0.15) is 30.5 Å². The zero-order valence-electron chi connectivity index (χ0n) is 11.9. The lowest BCUT2D eigenvalue weighted by atomic mass is 9.97. The first-order valence-electron chi connectivity index (χ1n) is 7.03. The summed E-state index contributed by atoms with van der Waals surface area (Å²) in [6, 6.07) is 9.39. The molecule has 0 amide bonds. The van der Waals surface area contributed by atoms with Gasteiger partial charge in [0, 0.05) is 11.6 Å². The summed E-state index contributed by atoms with van der Waals surface area (Å²) >= 11 is 0. The number of rotatable bonds is 6. The molecule has 0 bridgehead atoms. The van der Waals surface area contributed by atoms with E-state index in [1.165, 1.54) is 30.3 Å². The molecule has 0 saturated carbocycles. The Morgan fingerprint density at radius 2 is 1.67 bits per heavy atom. The molecule has 1 unspecified atom stereocenters. The molecule has 2 rings (SSSR count). The van der Waals surface area contributed by atoms with Crippen molar-refractivity contribution in [3.63, 3.8) is 0 Å². The summed E-state index contributed by atoms with van der Waals surface area (Å²) < 4.78 is 41.2. The Morgan fingerprint density at radius 3 is 2.29 bits per heavy atom. The van der Waals surface area contributed by atoms with Gasteiger partial charge in [0.05, 0.1) is 0 Å². The second kappa shape index (κ2) is 7.27. The molecule has 21 heavy (non-hydrogen) atoms. The molecule has 0 aromatic heterocycles. The highest BCUT2D eigenvalue weighted by Crippen LogP contribution is 2.24. The van der Waals surface area contributed by atoms with Crippen LogP contribution in [0.2, 0.25) is 0 Å². The first-order valence-corrected chi connectivity index (χ1v) is 7.03. The SMILES string of the molecule is CCCNC(Cc1cccc(F)c1)c1c(F)cccc1F. The summed E-state index contributed by atoms with van der Waals surface area (Å²) in [6.45, 7) is 2.61. The standard InChI is InChI=1S/C17H18F3N/c1-2-9-21-16(11-12-5-3-6-13(18)10-12)17-14(19)7-4-8-15(17)20/h3-8,10,16,21H,2,9,11H2,1H3. The molecule has 0 saturated heterocycles. The van der Waals surface area contributed by atoms with Crippen LogP contribution in [0.5, 0.6) is 0 Å². The molecule has 1 nitrogen and oxygen atoms in total. The van der Waals surface area contributed by atoms with E-state index in [-0.39, 0.29) is 11.4 Å². The molecule has 0 aliphatic heterocycles. The Labute approximate surface area is 122 Å². The van der Waals surface area contributed by atoms with Gasteiger partial charge in [-0.05, 0) is 49.2 Å². The van der Waals surface area contributed by atoms with Crippen LogP contribution in [0.4, 0.5) is 13.2 Å². The Balaban J connectivity index is 2.30. The molecule has 2 aromatic rings. The van der Waals surface area contributed by atoms with Crippen LogP contribution >= 0.6 is 0 Å². The maximum absolute atomic E-state index is 14.0. The zero-order chi connectivity index (χ0) is 15.2.